The van der Waals surface area contributed by atoms with Crippen molar-refractivity contribution in [2.24, 2.45) is 0 Å². The molecule has 0 aromatic heterocycles. The maximum Gasteiger partial charge on any atom is 0.223 e. The first-order valence-electron chi connectivity index (χ1n) is 5.20. The number of carbonyl (C=O) groups is 1. The first kappa shape index (κ1) is 11.9. The van der Waals surface area contributed by atoms with Gasteiger partial charge in [0, 0.05) is 25.6 Å². The summed E-state index contributed by atoms with van der Waals surface area (Å²) in [7, 11) is 4.21. The highest BCUT2D eigenvalue weighted by Gasteiger charge is 2.22. The number of carbonyl (C=O) groups excluding carboxylic acids is 1. The molecule has 0 unspecified atom stereocenters. The summed E-state index contributed by atoms with van der Waals surface area (Å²) in [5.41, 5.74) is 0. The van der Waals surface area contributed by atoms with E-state index in [1.54, 1.807) is 0 Å². The number of nitrogens with zero attached hydrogens (tertiary/aromatic N) is 2. The van der Waals surface area contributed by atoms with E-state index in [9.17, 15) is 4.79 Å². The zero-order valence-electron chi connectivity index (χ0n) is 9.07. The lowest BCUT2D eigenvalue weighted by Gasteiger charge is -2.35. The number of thiol groups is 1. The molecule has 3 nitrogen and oxygen atoms in total. The van der Waals surface area contributed by atoms with Crippen molar-refractivity contribution in [2.75, 3.05) is 32.9 Å². The van der Waals surface area contributed by atoms with Gasteiger partial charge in [-0.3, -0.25) is 4.79 Å². The number of amides is 1. The Bertz CT molecular complexity index is 189. The lowest BCUT2D eigenvalue weighted by Crippen LogP contribution is -2.44. The second kappa shape index (κ2) is 5.61. The van der Waals surface area contributed by atoms with Crippen LogP contribution < -0.4 is 0 Å². The second-order valence-corrected chi connectivity index (χ2v) is 4.50. The molecule has 0 saturated carbocycles. The fourth-order valence-electron chi connectivity index (χ4n) is 1.89. The molecule has 1 fully saturated rings. The Morgan fingerprint density at radius 2 is 2.00 bits per heavy atom. The van der Waals surface area contributed by atoms with Crippen molar-refractivity contribution in [3.05, 3.63) is 0 Å². The lowest BCUT2D eigenvalue weighted by molar-refractivity contribution is -0.132. The van der Waals surface area contributed by atoms with Crippen LogP contribution in [0.5, 0.6) is 0 Å². The summed E-state index contributed by atoms with van der Waals surface area (Å²) in [5.74, 6) is 0.920. The van der Waals surface area contributed by atoms with Crippen LogP contribution in [0.2, 0.25) is 0 Å². The van der Waals surface area contributed by atoms with E-state index < -0.39 is 0 Å². The first-order valence-corrected chi connectivity index (χ1v) is 5.83. The molecule has 0 atom stereocenters. The summed E-state index contributed by atoms with van der Waals surface area (Å²) in [4.78, 5) is 15.8. The molecule has 1 rings (SSSR count). The third-order valence-corrected chi connectivity index (χ3v) is 3.10. The van der Waals surface area contributed by atoms with Gasteiger partial charge >= 0.3 is 0 Å². The van der Waals surface area contributed by atoms with Gasteiger partial charge in [0.15, 0.2) is 0 Å². The first-order chi connectivity index (χ1) is 6.65. The van der Waals surface area contributed by atoms with Crippen molar-refractivity contribution in [3.63, 3.8) is 0 Å². The largest absolute Gasteiger partial charge is 0.343 e. The average molecular weight is 216 g/mol. The summed E-state index contributed by atoms with van der Waals surface area (Å²) in [6.45, 7) is 1.82. The highest BCUT2D eigenvalue weighted by Crippen LogP contribution is 2.14. The van der Waals surface area contributed by atoms with Crippen molar-refractivity contribution in [1.29, 1.82) is 0 Å². The predicted molar refractivity (Wildman–Crippen MR) is 61.8 cm³/mol. The molecule has 0 bridgehead atoms. The normalized spacial score (nSPS) is 19.0. The van der Waals surface area contributed by atoms with Crippen LogP contribution >= 0.6 is 12.6 Å². The zero-order chi connectivity index (χ0) is 10.6. The van der Waals surface area contributed by atoms with Gasteiger partial charge in [-0.15, -0.1) is 0 Å². The minimum absolute atomic E-state index is 0.261. The molecule has 82 valence electrons. The van der Waals surface area contributed by atoms with E-state index in [4.69, 9.17) is 0 Å². The van der Waals surface area contributed by atoms with Crippen LogP contribution in [0.3, 0.4) is 0 Å². The van der Waals surface area contributed by atoms with Crippen LogP contribution in [0.15, 0.2) is 0 Å². The molecule has 1 heterocycles. The number of rotatable bonds is 3. The van der Waals surface area contributed by atoms with Crippen molar-refractivity contribution in [2.45, 2.75) is 25.3 Å². The highest BCUT2D eigenvalue weighted by atomic mass is 32.1. The summed E-state index contributed by atoms with van der Waals surface area (Å²) in [5, 5.41) is 0. The molecule has 1 amide bonds. The molecule has 0 radical (unpaired) electrons. The van der Waals surface area contributed by atoms with Gasteiger partial charge in [0.05, 0.1) is 0 Å². The van der Waals surface area contributed by atoms with Crippen molar-refractivity contribution >= 4 is 18.5 Å². The fourth-order valence-corrected chi connectivity index (χ4v) is 2.08. The molecule has 0 aromatic rings. The van der Waals surface area contributed by atoms with E-state index in [-0.39, 0.29) is 5.91 Å². The maximum absolute atomic E-state index is 11.5. The van der Waals surface area contributed by atoms with Gasteiger partial charge in [0.2, 0.25) is 5.91 Å². The lowest BCUT2D eigenvalue weighted by atomic mass is 10.0. The van der Waals surface area contributed by atoms with Gasteiger partial charge in [0.25, 0.3) is 0 Å². The SMILES string of the molecule is CN(C)C1CCN(C(=O)CCS)CC1. The molecule has 0 aliphatic carbocycles. The van der Waals surface area contributed by atoms with E-state index in [1.165, 1.54) is 0 Å². The Morgan fingerprint density at radius 1 is 1.43 bits per heavy atom. The van der Waals surface area contributed by atoms with Gasteiger partial charge in [0.1, 0.15) is 0 Å². The van der Waals surface area contributed by atoms with Gasteiger partial charge < -0.3 is 9.80 Å². The molecule has 1 saturated heterocycles. The monoisotopic (exact) mass is 216 g/mol. The fraction of sp³-hybridized carbons (Fsp3) is 0.900. The average Bonchev–Trinajstić information content (AvgIpc) is 2.18. The second-order valence-electron chi connectivity index (χ2n) is 4.05. The van der Waals surface area contributed by atoms with E-state index in [0.717, 1.165) is 25.9 Å². The Hall–Kier alpha value is -0.220. The van der Waals surface area contributed by atoms with E-state index in [0.29, 0.717) is 18.2 Å². The summed E-state index contributed by atoms with van der Waals surface area (Å²) in [6.07, 6.45) is 2.78. The summed E-state index contributed by atoms with van der Waals surface area (Å²) >= 11 is 4.07. The van der Waals surface area contributed by atoms with Crippen LogP contribution in [0, 0.1) is 0 Å². The smallest absolute Gasteiger partial charge is 0.223 e. The molecule has 14 heavy (non-hydrogen) atoms. The number of piperidine rings is 1. The molecular formula is C10H20N2OS. The van der Waals surface area contributed by atoms with Gasteiger partial charge in [-0.2, -0.15) is 12.6 Å². The minimum Gasteiger partial charge on any atom is -0.343 e. The maximum atomic E-state index is 11.5. The third kappa shape index (κ3) is 3.17. The van der Waals surface area contributed by atoms with Crippen molar-refractivity contribution in [1.82, 2.24) is 9.80 Å². The molecule has 4 heteroatoms. The van der Waals surface area contributed by atoms with Crippen LogP contribution in [0.25, 0.3) is 0 Å². The predicted octanol–water partition coefficient (Wildman–Crippen LogP) is 0.859. The van der Waals surface area contributed by atoms with Crippen LogP contribution in [-0.4, -0.2) is 54.7 Å². The number of likely N-dealkylation sites (tertiary alicyclic amines) is 1. The zero-order valence-corrected chi connectivity index (χ0v) is 9.96. The van der Waals surface area contributed by atoms with Crippen LogP contribution in [0.1, 0.15) is 19.3 Å². The van der Waals surface area contributed by atoms with Gasteiger partial charge in [-0.25, -0.2) is 0 Å². The third-order valence-electron chi connectivity index (χ3n) is 2.87. The molecule has 1 aliphatic rings. The number of hydrogen-bond acceptors (Lipinski definition) is 3. The highest BCUT2D eigenvalue weighted by molar-refractivity contribution is 7.80. The molecular weight excluding hydrogens is 196 g/mol. The Balaban J connectivity index is 2.31. The van der Waals surface area contributed by atoms with Gasteiger partial charge in [-0.1, -0.05) is 0 Å². The quantitative estimate of drug-likeness (QED) is 0.707. The molecule has 0 aromatic carbocycles. The van der Waals surface area contributed by atoms with E-state index in [1.807, 2.05) is 4.90 Å². The van der Waals surface area contributed by atoms with Crippen molar-refractivity contribution < 1.29 is 4.79 Å². The van der Waals surface area contributed by atoms with E-state index >= 15 is 0 Å². The Kier molecular flexibility index (Phi) is 4.75. The van der Waals surface area contributed by atoms with Crippen molar-refractivity contribution in [3.8, 4) is 0 Å². The molecule has 0 N–H and O–H groups in total. The van der Waals surface area contributed by atoms with Crippen LogP contribution in [0.4, 0.5) is 0 Å². The Morgan fingerprint density at radius 3 is 2.43 bits per heavy atom. The standard InChI is InChI=1S/C10H20N2OS/c1-11(2)9-3-6-12(7-4-9)10(13)5-8-14/h9,14H,3-8H2,1-2H3. The Labute approximate surface area is 91.9 Å². The van der Waals surface area contributed by atoms with Crippen LogP contribution in [-0.2, 0) is 4.79 Å². The minimum atomic E-state index is 0.261. The van der Waals surface area contributed by atoms with Gasteiger partial charge in [-0.05, 0) is 32.7 Å². The molecule has 1 aliphatic heterocycles. The topological polar surface area (TPSA) is 23.6 Å². The summed E-state index contributed by atoms with van der Waals surface area (Å²) in [6, 6.07) is 0.648. The van der Waals surface area contributed by atoms with E-state index in [2.05, 4.69) is 31.6 Å². The summed E-state index contributed by atoms with van der Waals surface area (Å²) < 4.78 is 0. The number of hydrogen-bond donors (Lipinski definition) is 1. The molecule has 0 spiro atoms.